The molecule has 2 nitrogen and oxygen atoms in total. The van der Waals surface area contributed by atoms with Crippen LogP contribution in [-0.2, 0) is 19.3 Å². The van der Waals surface area contributed by atoms with Gasteiger partial charge in [0.25, 0.3) is 0 Å². The second kappa shape index (κ2) is 4.64. The number of benzene rings is 2. The van der Waals surface area contributed by atoms with Gasteiger partial charge >= 0.3 is 0 Å². The van der Waals surface area contributed by atoms with Crippen LogP contribution in [-0.4, -0.2) is 9.78 Å². The fourth-order valence-electron chi connectivity index (χ4n) is 3.03. The molecule has 0 unspecified atom stereocenters. The van der Waals surface area contributed by atoms with E-state index in [4.69, 9.17) is 0 Å². The lowest BCUT2D eigenvalue weighted by molar-refractivity contribution is 0.874. The number of hydrogen-bond donors (Lipinski definition) is 0. The van der Waals surface area contributed by atoms with E-state index in [1.54, 1.807) is 0 Å². The van der Waals surface area contributed by atoms with Crippen molar-refractivity contribution in [1.82, 2.24) is 9.78 Å². The van der Waals surface area contributed by atoms with E-state index in [1.165, 1.54) is 22.3 Å². The predicted molar refractivity (Wildman–Crippen MR) is 80.2 cm³/mol. The summed E-state index contributed by atoms with van der Waals surface area (Å²) in [7, 11) is 0. The third-order valence-electron chi connectivity index (χ3n) is 4.12. The molecule has 1 aliphatic carbocycles. The summed E-state index contributed by atoms with van der Waals surface area (Å²) >= 11 is 0. The molecule has 3 aromatic rings. The van der Waals surface area contributed by atoms with Gasteiger partial charge in [-0.2, -0.15) is 5.10 Å². The van der Waals surface area contributed by atoms with Crippen LogP contribution in [0.25, 0.3) is 5.69 Å². The van der Waals surface area contributed by atoms with Crippen LogP contribution in [0.2, 0.25) is 0 Å². The number of aryl methyl sites for hydroxylation is 2. The van der Waals surface area contributed by atoms with Crippen molar-refractivity contribution < 1.29 is 0 Å². The van der Waals surface area contributed by atoms with E-state index in [2.05, 4.69) is 47.6 Å². The number of fused-ring (bicyclic) bond motifs is 2. The molecule has 20 heavy (non-hydrogen) atoms. The molecule has 0 atom stereocenters. The van der Waals surface area contributed by atoms with E-state index in [1.807, 2.05) is 23.1 Å². The maximum absolute atomic E-state index is 4.32. The van der Waals surface area contributed by atoms with Crippen LogP contribution in [0.3, 0.4) is 0 Å². The van der Waals surface area contributed by atoms with E-state index >= 15 is 0 Å². The molecule has 1 heterocycles. The van der Waals surface area contributed by atoms with Gasteiger partial charge < -0.3 is 0 Å². The molecule has 0 fully saturated rings. The first-order chi connectivity index (χ1) is 9.90. The molecule has 0 spiro atoms. The summed E-state index contributed by atoms with van der Waals surface area (Å²) in [6.07, 6.45) is 7.12. The third-order valence-corrected chi connectivity index (χ3v) is 4.12. The van der Waals surface area contributed by atoms with E-state index in [9.17, 15) is 0 Å². The predicted octanol–water partition coefficient (Wildman–Crippen LogP) is 3.56. The van der Waals surface area contributed by atoms with Crippen molar-refractivity contribution >= 4 is 0 Å². The second-order valence-electron chi connectivity index (χ2n) is 5.35. The van der Waals surface area contributed by atoms with Crippen molar-refractivity contribution in [3.8, 4) is 5.69 Å². The summed E-state index contributed by atoms with van der Waals surface area (Å²) in [5.74, 6) is 0. The molecule has 0 amide bonds. The highest BCUT2D eigenvalue weighted by Gasteiger charge is 2.13. The highest BCUT2D eigenvalue weighted by molar-refractivity contribution is 5.46. The zero-order valence-electron chi connectivity index (χ0n) is 11.3. The van der Waals surface area contributed by atoms with Crippen LogP contribution >= 0.6 is 0 Å². The maximum atomic E-state index is 4.32. The molecule has 0 radical (unpaired) electrons. The van der Waals surface area contributed by atoms with Crippen molar-refractivity contribution in [3.05, 3.63) is 83.2 Å². The number of rotatable bonds is 1. The van der Waals surface area contributed by atoms with Crippen LogP contribution in [0.15, 0.2) is 60.9 Å². The minimum atomic E-state index is 1.03. The Morgan fingerprint density at radius 1 is 0.800 bits per heavy atom. The summed E-state index contributed by atoms with van der Waals surface area (Å²) in [6.45, 7) is 0. The molecule has 1 aliphatic rings. The van der Waals surface area contributed by atoms with E-state index in [0.717, 1.165) is 24.9 Å². The number of nitrogens with zero attached hydrogens (tertiary/aromatic N) is 2. The minimum Gasteiger partial charge on any atom is -0.241 e. The first kappa shape index (κ1) is 11.5. The average molecular weight is 260 g/mol. The Morgan fingerprint density at radius 2 is 1.60 bits per heavy atom. The summed E-state index contributed by atoms with van der Waals surface area (Å²) in [5.41, 5.74) is 7.00. The van der Waals surface area contributed by atoms with Gasteiger partial charge in [-0.1, -0.05) is 30.3 Å². The minimum absolute atomic E-state index is 1.03. The Hall–Kier alpha value is -2.35. The lowest BCUT2D eigenvalue weighted by Gasteiger charge is -2.09. The average Bonchev–Trinajstić information content (AvgIpc) is 2.95. The molecule has 0 saturated carbocycles. The third kappa shape index (κ3) is 1.94. The summed E-state index contributed by atoms with van der Waals surface area (Å²) in [6, 6.07) is 17.5. The Bertz CT molecular complexity index is 742. The molecule has 0 aliphatic heterocycles. The number of aromatic nitrogens is 2. The van der Waals surface area contributed by atoms with Crippen LogP contribution in [0.1, 0.15) is 22.3 Å². The Labute approximate surface area is 118 Å². The molecule has 0 bridgehead atoms. The summed E-state index contributed by atoms with van der Waals surface area (Å²) in [4.78, 5) is 0. The van der Waals surface area contributed by atoms with Gasteiger partial charge in [0, 0.05) is 12.4 Å². The molecule has 98 valence electrons. The topological polar surface area (TPSA) is 17.8 Å². The largest absolute Gasteiger partial charge is 0.241 e. The highest BCUT2D eigenvalue weighted by Crippen LogP contribution is 2.26. The van der Waals surface area contributed by atoms with Gasteiger partial charge in [0.15, 0.2) is 0 Å². The monoisotopic (exact) mass is 260 g/mol. The van der Waals surface area contributed by atoms with Crippen molar-refractivity contribution in [2.24, 2.45) is 0 Å². The van der Waals surface area contributed by atoms with Crippen molar-refractivity contribution in [2.45, 2.75) is 19.3 Å². The zero-order chi connectivity index (χ0) is 13.4. The quantitative estimate of drug-likeness (QED) is 0.654. The van der Waals surface area contributed by atoms with E-state index in [0.29, 0.717) is 0 Å². The van der Waals surface area contributed by atoms with Crippen molar-refractivity contribution in [3.63, 3.8) is 0 Å². The standard InChI is InChI=1S/C18H16N2/c1-2-5-16-12-17-13-18(20-11-3-10-19-20)9-8-15(17)7-6-14(16)4-1/h1-5,8-11,13H,6-7,12H2. The van der Waals surface area contributed by atoms with Gasteiger partial charge in [0.05, 0.1) is 5.69 Å². The van der Waals surface area contributed by atoms with Crippen molar-refractivity contribution in [1.29, 1.82) is 0 Å². The van der Waals surface area contributed by atoms with Crippen LogP contribution in [0.5, 0.6) is 0 Å². The van der Waals surface area contributed by atoms with Crippen molar-refractivity contribution in [2.75, 3.05) is 0 Å². The van der Waals surface area contributed by atoms with Crippen LogP contribution in [0.4, 0.5) is 0 Å². The van der Waals surface area contributed by atoms with E-state index < -0.39 is 0 Å². The summed E-state index contributed by atoms with van der Waals surface area (Å²) < 4.78 is 1.93. The molecular formula is C18H16N2. The molecule has 0 saturated heterocycles. The fourth-order valence-corrected chi connectivity index (χ4v) is 3.03. The molecule has 4 rings (SSSR count). The second-order valence-corrected chi connectivity index (χ2v) is 5.35. The van der Waals surface area contributed by atoms with Gasteiger partial charge in [-0.05, 0) is 59.7 Å². The Morgan fingerprint density at radius 3 is 2.40 bits per heavy atom. The molecule has 1 aromatic heterocycles. The first-order valence-electron chi connectivity index (χ1n) is 7.09. The lowest BCUT2D eigenvalue weighted by Crippen LogP contribution is -1.99. The highest BCUT2D eigenvalue weighted by atomic mass is 15.3. The van der Waals surface area contributed by atoms with Crippen LogP contribution < -0.4 is 0 Å². The zero-order valence-corrected chi connectivity index (χ0v) is 11.3. The number of hydrogen-bond acceptors (Lipinski definition) is 1. The van der Waals surface area contributed by atoms with Gasteiger partial charge in [-0.15, -0.1) is 0 Å². The summed E-state index contributed by atoms with van der Waals surface area (Å²) in [5, 5.41) is 4.32. The van der Waals surface area contributed by atoms with Gasteiger partial charge in [-0.3, -0.25) is 0 Å². The van der Waals surface area contributed by atoms with Gasteiger partial charge in [-0.25, -0.2) is 4.68 Å². The molecular weight excluding hydrogens is 244 g/mol. The molecule has 2 heteroatoms. The van der Waals surface area contributed by atoms with E-state index in [-0.39, 0.29) is 0 Å². The lowest BCUT2D eigenvalue weighted by atomic mass is 10.00. The Kier molecular flexibility index (Phi) is 2.66. The first-order valence-corrected chi connectivity index (χ1v) is 7.09. The molecule has 2 aromatic carbocycles. The normalized spacial score (nSPS) is 13.4. The Balaban J connectivity index is 1.79. The fraction of sp³-hybridized carbons (Fsp3) is 0.167. The smallest absolute Gasteiger partial charge is 0.0648 e. The SMILES string of the molecule is c1ccc2c(c1)CCc1ccc(-n3cccn3)cc1C2. The van der Waals surface area contributed by atoms with Gasteiger partial charge in [0.2, 0.25) is 0 Å². The molecule has 0 N–H and O–H groups in total. The van der Waals surface area contributed by atoms with Gasteiger partial charge in [0.1, 0.15) is 0 Å². The van der Waals surface area contributed by atoms with Crippen LogP contribution in [0, 0.1) is 0 Å². The maximum Gasteiger partial charge on any atom is 0.0648 e.